The Morgan fingerprint density at radius 2 is 1.76 bits per heavy atom. The molecule has 0 aromatic heterocycles. The van der Waals surface area contributed by atoms with Gasteiger partial charge in [-0.05, 0) is 36.8 Å². The Balaban J connectivity index is 1.56. The van der Waals surface area contributed by atoms with Gasteiger partial charge in [0.2, 0.25) is 5.91 Å². The van der Waals surface area contributed by atoms with Crippen LogP contribution in [0.15, 0.2) is 47.4 Å². The molecule has 8 heteroatoms. The van der Waals surface area contributed by atoms with Gasteiger partial charge in [0, 0.05) is 10.3 Å². The van der Waals surface area contributed by atoms with E-state index >= 15 is 0 Å². The monoisotopic (exact) mass is 471 g/mol. The Hall–Kier alpha value is -3.00. The van der Waals surface area contributed by atoms with Crippen molar-refractivity contribution in [3.05, 3.63) is 53.6 Å². The zero-order valence-corrected chi connectivity index (χ0v) is 20.1. The molecule has 33 heavy (non-hydrogen) atoms. The van der Waals surface area contributed by atoms with Crippen LogP contribution in [0.3, 0.4) is 0 Å². The fourth-order valence-electron chi connectivity index (χ4n) is 3.03. The van der Waals surface area contributed by atoms with Crippen LogP contribution < -0.4 is 14.8 Å². The predicted octanol–water partition coefficient (Wildman–Crippen LogP) is 4.20. The number of thioether (sulfide) groups is 1. The van der Waals surface area contributed by atoms with Crippen LogP contribution >= 0.6 is 11.8 Å². The van der Waals surface area contributed by atoms with Crippen LogP contribution in [-0.2, 0) is 14.3 Å². The molecule has 1 aliphatic heterocycles. The predicted molar refractivity (Wildman–Crippen MR) is 126 cm³/mol. The van der Waals surface area contributed by atoms with Crippen molar-refractivity contribution in [2.75, 3.05) is 25.6 Å². The minimum Gasteiger partial charge on any atom is -0.486 e. The highest BCUT2D eigenvalue weighted by Crippen LogP contribution is 2.32. The smallest absolute Gasteiger partial charge is 0.339 e. The summed E-state index contributed by atoms with van der Waals surface area (Å²) < 4.78 is 16.3. The van der Waals surface area contributed by atoms with Crippen molar-refractivity contribution in [2.24, 2.45) is 5.41 Å². The number of fused-ring (bicyclic) bond motifs is 1. The van der Waals surface area contributed by atoms with E-state index in [1.165, 1.54) is 11.8 Å². The molecule has 0 fully saturated rings. The lowest BCUT2D eigenvalue weighted by atomic mass is 9.91. The Labute approximate surface area is 198 Å². The van der Waals surface area contributed by atoms with Gasteiger partial charge in [-0.3, -0.25) is 9.59 Å². The third kappa shape index (κ3) is 6.74. The Morgan fingerprint density at radius 1 is 1.06 bits per heavy atom. The molecule has 1 amide bonds. The van der Waals surface area contributed by atoms with Gasteiger partial charge in [0.15, 0.2) is 23.9 Å². The molecular weight excluding hydrogens is 442 g/mol. The highest BCUT2D eigenvalue weighted by molar-refractivity contribution is 8.00. The molecule has 0 radical (unpaired) electrons. The van der Waals surface area contributed by atoms with E-state index < -0.39 is 11.4 Å². The van der Waals surface area contributed by atoms with Gasteiger partial charge in [0.25, 0.3) is 0 Å². The van der Waals surface area contributed by atoms with Crippen LogP contribution in [0.5, 0.6) is 11.5 Å². The van der Waals surface area contributed by atoms with Gasteiger partial charge >= 0.3 is 5.97 Å². The van der Waals surface area contributed by atoms with Crippen LogP contribution in [-0.4, -0.2) is 43.2 Å². The SMILES string of the molecule is C[C@H](NC(=O)CSc1ccccc1C(=O)OCC(=O)C(C)(C)C)c1ccc2c(c1)OCCO2. The number of rotatable bonds is 8. The topological polar surface area (TPSA) is 90.9 Å². The number of benzene rings is 2. The molecule has 0 saturated carbocycles. The molecular formula is C25H29NO6S. The van der Waals surface area contributed by atoms with Gasteiger partial charge < -0.3 is 19.5 Å². The maximum atomic E-state index is 12.5. The van der Waals surface area contributed by atoms with Crippen LogP contribution in [0.2, 0.25) is 0 Å². The highest BCUT2D eigenvalue weighted by Gasteiger charge is 2.23. The summed E-state index contributed by atoms with van der Waals surface area (Å²) in [5.74, 6) is 0.584. The molecule has 1 aliphatic rings. The van der Waals surface area contributed by atoms with Crippen molar-refractivity contribution in [3.8, 4) is 11.5 Å². The molecule has 0 bridgehead atoms. The van der Waals surface area contributed by atoms with Gasteiger partial charge in [-0.25, -0.2) is 4.79 Å². The van der Waals surface area contributed by atoms with E-state index in [0.717, 1.165) is 5.56 Å². The van der Waals surface area contributed by atoms with Crippen LogP contribution in [0.4, 0.5) is 0 Å². The van der Waals surface area contributed by atoms with Gasteiger partial charge in [0.1, 0.15) is 13.2 Å². The summed E-state index contributed by atoms with van der Waals surface area (Å²) in [6.45, 7) is 7.96. The summed E-state index contributed by atoms with van der Waals surface area (Å²) in [7, 11) is 0. The summed E-state index contributed by atoms with van der Waals surface area (Å²) in [6, 6.07) is 12.3. The summed E-state index contributed by atoms with van der Waals surface area (Å²) in [4.78, 5) is 37.7. The van der Waals surface area contributed by atoms with Crippen molar-refractivity contribution in [1.82, 2.24) is 5.32 Å². The molecule has 1 heterocycles. The largest absolute Gasteiger partial charge is 0.486 e. The molecule has 0 unspecified atom stereocenters. The molecule has 7 nitrogen and oxygen atoms in total. The van der Waals surface area contributed by atoms with E-state index in [1.54, 1.807) is 45.0 Å². The molecule has 1 atom stereocenters. The highest BCUT2D eigenvalue weighted by atomic mass is 32.2. The van der Waals surface area contributed by atoms with E-state index in [4.69, 9.17) is 14.2 Å². The zero-order chi connectivity index (χ0) is 24.0. The number of hydrogen-bond acceptors (Lipinski definition) is 7. The second kappa shape index (κ2) is 10.7. The lowest BCUT2D eigenvalue weighted by molar-refractivity contribution is -0.129. The number of ether oxygens (including phenoxy) is 3. The molecule has 176 valence electrons. The fraction of sp³-hybridized carbons (Fsp3) is 0.400. The Morgan fingerprint density at radius 3 is 2.48 bits per heavy atom. The summed E-state index contributed by atoms with van der Waals surface area (Å²) in [5.41, 5.74) is 0.655. The van der Waals surface area contributed by atoms with E-state index in [0.29, 0.717) is 35.2 Å². The van der Waals surface area contributed by atoms with Crippen molar-refractivity contribution in [1.29, 1.82) is 0 Å². The average molecular weight is 472 g/mol. The van der Waals surface area contributed by atoms with E-state index in [2.05, 4.69) is 5.32 Å². The lowest BCUT2D eigenvalue weighted by Gasteiger charge is -2.21. The Kier molecular flexibility index (Phi) is 8.02. The van der Waals surface area contributed by atoms with E-state index in [-0.39, 0.29) is 30.1 Å². The Bertz CT molecular complexity index is 1030. The molecule has 0 spiro atoms. The number of nitrogens with one attached hydrogen (secondary N) is 1. The maximum absolute atomic E-state index is 12.5. The number of Topliss-reactive ketones (excluding diaryl/α,β-unsaturated/α-hetero) is 1. The van der Waals surface area contributed by atoms with E-state index in [1.807, 2.05) is 25.1 Å². The van der Waals surface area contributed by atoms with Gasteiger partial charge in [0.05, 0.1) is 17.4 Å². The molecule has 0 saturated heterocycles. The van der Waals surface area contributed by atoms with Crippen molar-refractivity contribution < 1.29 is 28.6 Å². The minimum atomic E-state index is -0.583. The quantitative estimate of drug-likeness (QED) is 0.456. The lowest BCUT2D eigenvalue weighted by Crippen LogP contribution is -2.28. The van der Waals surface area contributed by atoms with Crippen LogP contribution in [0.25, 0.3) is 0 Å². The summed E-state index contributed by atoms with van der Waals surface area (Å²) in [6.07, 6.45) is 0. The van der Waals surface area contributed by atoms with Crippen molar-refractivity contribution in [2.45, 2.75) is 38.6 Å². The first kappa shape index (κ1) is 24.6. The molecule has 2 aromatic rings. The second-order valence-electron chi connectivity index (χ2n) is 8.73. The van der Waals surface area contributed by atoms with E-state index in [9.17, 15) is 14.4 Å². The number of ketones is 1. The molecule has 0 aliphatic carbocycles. The van der Waals surface area contributed by atoms with Crippen molar-refractivity contribution >= 4 is 29.4 Å². The first-order valence-corrected chi connectivity index (χ1v) is 11.7. The standard InChI is InChI=1S/C25H29NO6S/c1-16(17-9-10-19-20(13-17)31-12-11-30-19)26-23(28)15-33-21-8-6-5-7-18(21)24(29)32-14-22(27)25(2,3)4/h5-10,13,16H,11-12,14-15H2,1-4H3,(H,26,28)/t16-/m0/s1. The number of amides is 1. The third-order valence-corrected chi connectivity index (χ3v) is 6.15. The zero-order valence-electron chi connectivity index (χ0n) is 19.3. The van der Waals surface area contributed by atoms with Gasteiger partial charge in [-0.1, -0.05) is 39.0 Å². The number of carbonyl (C=O) groups excluding carboxylic acids is 3. The number of carbonyl (C=O) groups is 3. The van der Waals surface area contributed by atoms with Crippen LogP contribution in [0, 0.1) is 5.41 Å². The molecule has 1 N–H and O–H groups in total. The first-order valence-electron chi connectivity index (χ1n) is 10.8. The maximum Gasteiger partial charge on any atom is 0.339 e. The van der Waals surface area contributed by atoms with Crippen LogP contribution in [0.1, 0.15) is 49.7 Å². The molecule has 2 aromatic carbocycles. The third-order valence-electron chi connectivity index (χ3n) is 5.08. The first-order chi connectivity index (χ1) is 15.6. The fourth-order valence-corrected chi connectivity index (χ4v) is 3.88. The normalized spacial score (nSPS) is 13.7. The minimum absolute atomic E-state index is 0.125. The van der Waals surface area contributed by atoms with Gasteiger partial charge in [-0.15, -0.1) is 11.8 Å². The average Bonchev–Trinajstić information content (AvgIpc) is 2.80. The second-order valence-corrected chi connectivity index (χ2v) is 9.74. The number of esters is 1. The summed E-state index contributed by atoms with van der Waals surface area (Å²) in [5, 5.41) is 2.96. The molecule has 3 rings (SSSR count). The summed E-state index contributed by atoms with van der Waals surface area (Å²) >= 11 is 1.24. The van der Waals surface area contributed by atoms with Gasteiger partial charge in [-0.2, -0.15) is 0 Å². The number of hydrogen-bond donors (Lipinski definition) is 1. The van der Waals surface area contributed by atoms with Crippen molar-refractivity contribution in [3.63, 3.8) is 0 Å².